The Kier molecular flexibility index (Phi) is 8.92. The lowest BCUT2D eigenvalue weighted by atomic mass is 9.82. The maximum Gasteiger partial charge on any atom is 0.305 e. The number of halogens is 1. The third-order valence-corrected chi connectivity index (χ3v) is 12.8. The SMILES string of the molecule is COC(=O)CCCCN1C(=O)[C@@]2(O[C@@H](CC(=O)N3CCC[C@H]3CO)[C@H]([Si](C)(C)F)[C@H]2C)c2cc(-n3[nH]c4ccccc4c3=O)ccc21. The van der Waals surface area contributed by atoms with Crippen LogP contribution in [-0.4, -0.2) is 84.9 Å². The number of methoxy groups -OCH3 is 1. The van der Waals surface area contributed by atoms with E-state index in [4.69, 9.17) is 9.47 Å². The van der Waals surface area contributed by atoms with Crippen molar-refractivity contribution in [1.29, 1.82) is 0 Å². The molecule has 47 heavy (non-hydrogen) atoms. The Balaban J connectivity index is 1.42. The average Bonchev–Trinajstić information content (AvgIpc) is 3.79. The first-order valence-corrected chi connectivity index (χ1v) is 19.4. The smallest absolute Gasteiger partial charge is 0.305 e. The van der Waals surface area contributed by atoms with Crippen molar-refractivity contribution in [2.75, 3.05) is 31.7 Å². The van der Waals surface area contributed by atoms with Gasteiger partial charge in [-0.3, -0.25) is 24.3 Å². The molecule has 3 aliphatic heterocycles. The van der Waals surface area contributed by atoms with Crippen LogP contribution in [0.3, 0.4) is 0 Å². The van der Waals surface area contributed by atoms with Gasteiger partial charge in [-0.1, -0.05) is 19.1 Å². The summed E-state index contributed by atoms with van der Waals surface area (Å²) in [6.45, 7) is 5.68. The summed E-state index contributed by atoms with van der Waals surface area (Å²) in [5.41, 5.74) is -0.241. The van der Waals surface area contributed by atoms with E-state index in [9.17, 15) is 24.3 Å². The molecule has 5 atom stereocenters. The second-order valence-corrected chi connectivity index (χ2v) is 17.3. The van der Waals surface area contributed by atoms with E-state index in [1.165, 1.54) is 11.8 Å². The molecule has 3 aromatic rings. The van der Waals surface area contributed by atoms with Gasteiger partial charge in [0, 0.05) is 36.5 Å². The van der Waals surface area contributed by atoms with Gasteiger partial charge in [-0.15, -0.1) is 0 Å². The molecule has 3 aliphatic rings. The van der Waals surface area contributed by atoms with Gasteiger partial charge in [-0.05, 0) is 69.1 Å². The van der Waals surface area contributed by atoms with Crippen molar-refractivity contribution < 1.29 is 33.1 Å². The number of hydrogen-bond donors (Lipinski definition) is 2. The number of aliphatic hydroxyl groups is 1. The van der Waals surface area contributed by atoms with Gasteiger partial charge < -0.3 is 28.5 Å². The number of carbonyl (C=O) groups excluding carboxylic acids is 3. The monoisotopic (exact) mass is 666 g/mol. The van der Waals surface area contributed by atoms with Gasteiger partial charge in [0.05, 0.1) is 54.6 Å². The Morgan fingerprint density at radius 3 is 2.64 bits per heavy atom. The molecule has 2 N–H and O–H groups in total. The zero-order valence-electron chi connectivity index (χ0n) is 27.3. The second-order valence-electron chi connectivity index (χ2n) is 13.5. The number of carbonyl (C=O) groups is 3. The Morgan fingerprint density at radius 2 is 1.94 bits per heavy atom. The highest BCUT2D eigenvalue weighted by Gasteiger charge is 2.67. The number of amides is 2. The molecular weight excluding hydrogens is 623 g/mol. The van der Waals surface area contributed by atoms with Crippen LogP contribution in [0, 0.1) is 5.92 Å². The number of esters is 1. The fraction of sp³-hybridized carbons (Fsp3) is 0.529. The number of hydrogen-bond acceptors (Lipinski definition) is 7. The van der Waals surface area contributed by atoms with Crippen molar-refractivity contribution in [3.63, 3.8) is 0 Å². The van der Waals surface area contributed by atoms with Crippen LogP contribution >= 0.6 is 0 Å². The summed E-state index contributed by atoms with van der Waals surface area (Å²) in [6.07, 6.45) is 1.75. The van der Waals surface area contributed by atoms with Crippen molar-refractivity contribution in [3.05, 3.63) is 58.4 Å². The number of fused-ring (bicyclic) bond motifs is 3. The van der Waals surface area contributed by atoms with Gasteiger partial charge in [0.25, 0.3) is 11.5 Å². The number of anilines is 1. The number of likely N-dealkylation sites (tertiary alicyclic amines) is 1. The number of H-pyrrole nitrogens is 1. The van der Waals surface area contributed by atoms with Crippen LogP contribution < -0.4 is 10.5 Å². The molecule has 1 aromatic heterocycles. The number of para-hydroxylation sites is 1. The molecule has 11 nitrogen and oxygen atoms in total. The van der Waals surface area contributed by atoms with Crippen molar-refractivity contribution in [1.82, 2.24) is 14.7 Å². The predicted octanol–water partition coefficient (Wildman–Crippen LogP) is 4.16. The summed E-state index contributed by atoms with van der Waals surface area (Å²) in [6, 6.07) is 12.2. The molecule has 6 rings (SSSR count). The first-order valence-electron chi connectivity index (χ1n) is 16.4. The van der Waals surface area contributed by atoms with Crippen molar-refractivity contribution in [2.24, 2.45) is 5.92 Å². The average molecular weight is 667 g/mol. The van der Waals surface area contributed by atoms with Crippen LogP contribution in [-0.2, 0) is 29.5 Å². The van der Waals surface area contributed by atoms with E-state index in [-0.39, 0.29) is 48.8 Å². The molecular formula is C34H43FN4O7Si. The van der Waals surface area contributed by atoms with Crippen LogP contribution in [0.5, 0.6) is 0 Å². The maximum absolute atomic E-state index is 16.3. The van der Waals surface area contributed by atoms with Crippen LogP contribution in [0.2, 0.25) is 18.6 Å². The summed E-state index contributed by atoms with van der Waals surface area (Å²) in [5.74, 6) is -1.52. The highest BCUT2D eigenvalue weighted by atomic mass is 28.4. The van der Waals surface area contributed by atoms with Crippen LogP contribution in [0.1, 0.15) is 51.0 Å². The summed E-state index contributed by atoms with van der Waals surface area (Å²) in [7, 11) is -2.20. The fourth-order valence-corrected chi connectivity index (χ4v) is 10.6. The topological polar surface area (TPSA) is 134 Å². The minimum absolute atomic E-state index is 0.101. The van der Waals surface area contributed by atoms with Gasteiger partial charge in [-0.25, -0.2) is 4.68 Å². The van der Waals surface area contributed by atoms with Crippen LogP contribution in [0.4, 0.5) is 9.80 Å². The van der Waals surface area contributed by atoms with Crippen LogP contribution in [0.15, 0.2) is 47.3 Å². The van der Waals surface area contributed by atoms with E-state index >= 15 is 4.11 Å². The Hall–Kier alpha value is -3.81. The van der Waals surface area contributed by atoms with Crippen molar-refractivity contribution in [2.45, 2.75) is 81.8 Å². The first-order chi connectivity index (χ1) is 22.4. The molecule has 13 heteroatoms. The predicted molar refractivity (Wildman–Crippen MR) is 177 cm³/mol. The molecule has 2 amide bonds. The lowest BCUT2D eigenvalue weighted by molar-refractivity contribution is -0.150. The molecule has 2 aromatic carbocycles. The number of ether oxygens (including phenoxy) is 2. The third kappa shape index (κ3) is 5.61. The van der Waals surface area contributed by atoms with E-state index in [0.717, 1.165) is 6.42 Å². The number of aromatic amines is 1. The molecule has 0 saturated carbocycles. The van der Waals surface area contributed by atoms with Gasteiger partial charge in [0.15, 0.2) is 5.60 Å². The molecule has 2 fully saturated rings. The van der Waals surface area contributed by atoms with Gasteiger partial charge in [0.1, 0.15) is 0 Å². The summed E-state index contributed by atoms with van der Waals surface area (Å²) in [4.78, 5) is 56.7. The maximum atomic E-state index is 16.3. The van der Waals surface area contributed by atoms with E-state index in [0.29, 0.717) is 60.2 Å². The Labute approximate surface area is 273 Å². The standard InChI is InChI=1S/C34H43FN4O7Si/c1-21-31(47(3,4)35)28(19-29(41)37-17-9-10-23(37)20-40)46-34(21)25-18-22(39-32(43)24-11-5-6-12-26(24)36-39)14-15-27(25)38(33(34)44)16-8-7-13-30(42)45-2/h5-6,11-12,14-15,18,21,23,28,31,36,40H,7-10,13,16-17,19-20H2,1-4H3/t21-,23+,28+,31-,34+/m1/s1. The molecule has 1 spiro atoms. The molecule has 0 radical (unpaired) electrons. The number of unbranched alkanes of at least 4 members (excludes halogenated alkanes) is 1. The molecule has 0 unspecified atom stereocenters. The van der Waals surface area contributed by atoms with E-state index < -0.39 is 31.6 Å². The number of rotatable bonds is 10. The normalized spacial score (nSPS) is 25.7. The summed E-state index contributed by atoms with van der Waals surface area (Å²) >= 11 is 0. The molecule has 4 heterocycles. The van der Waals surface area contributed by atoms with Crippen molar-refractivity contribution in [3.8, 4) is 5.69 Å². The zero-order chi connectivity index (χ0) is 33.7. The highest BCUT2D eigenvalue weighted by Crippen LogP contribution is 2.60. The fourth-order valence-electron chi connectivity index (χ4n) is 8.12. The lowest BCUT2D eigenvalue weighted by Gasteiger charge is -2.31. The van der Waals surface area contributed by atoms with E-state index in [1.54, 1.807) is 53.2 Å². The number of aromatic nitrogens is 2. The van der Waals surface area contributed by atoms with Crippen LogP contribution in [0.25, 0.3) is 16.6 Å². The van der Waals surface area contributed by atoms with Gasteiger partial charge in [0.2, 0.25) is 14.3 Å². The summed E-state index contributed by atoms with van der Waals surface area (Å²) < 4.78 is 29.3. The Morgan fingerprint density at radius 1 is 1.17 bits per heavy atom. The largest absolute Gasteiger partial charge is 0.469 e. The molecule has 0 bridgehead atoms. The number of nitrogens with zero attached hydrogens (tertiary/aromatic N) is 3. The quantitative estimate of drug-likeness (QED) is 0.144. The Bertz CT molecular complexity index is 1750. The minimum atomic E-state index is -3.53. The number of benzene rings is 2. The van der Waals surface area contributed by atoms with Crippen molar-refractivity contribution >= 4 is 42.8 Å². The van der Waals surface area contributed by atoms with Gasteiger partial charge >= 0.3 is 5.97 Å². The van der Waals surface area contributed by atoms with Gasteiger partial charge in [-0.2, -0.15) is 0 Å². The van der Waals surface area contributed by atoms with E-state index in [1.807, 2.05) is 19.1 Å². The number of aliphatic hydroxyl groups excluding tert-OH is 1. The number of nitrogens with one attached hydrogen (secondary N) is 1. The highest BCUT2D eigenvalue weighted by molar-refractivity contribution is 6.72. The first kappa shape index (κ1) is 33.1. The summed E-state index contributed by atoms with van der Waals surface area (Å²) in [5, 5.41) is 13.5. The molecule has 2 saturated heterocycles. The third-order valence-electron chi connectivity index (χ3n) is 10.3. The molecule has 252 valence electrons. The molecule has 0 aliphatic carbocycles. The second kappa shape index (κ2) is 12.7. The lowest BCUT2D eigenvalue weighted by Crippen LogP contribution is -2.45. The zero-order valence-corrected chi connectivity index (χ0v) is 28.3. The minimum Gasteiger partial charge on any atom is -0.469 e. The van der Waals surface area contributed by atoms with E-state index in [2.05, 4.69) is 5.10 Å².